The van der Waals surface area contributed by atoms with Crippen LogP contribution in [0, 0.1) is 0 Å². The van der Waals surface area contributed by atoms with Gasteiger partial charge in [0.05, 0.1) is 6.61 Å². The fraction of sp³-hybridized carbons (Fsp3) is 1.00. The zero-order valence-corrected chi connectivity index (χ0v) is 12.0. The van der Waals surface area contributed by atoms with E-state index in [0.717, 1.165) is 18.6 Å². The van der Waals surface area contributed by atoms with Crippen LogP contribution in [0.15, 0.2) is 0 Å². The second kappa shape index (κ2) is 7.46. The summed E-state index contributed by atoms with van der Waals surface area (Å²) < 4.78 is 0. The van der Waals surface area contributed by atoms with Gasteiger partial charge in [0.15, 0.2) is 0 Å². The lowest BCUT2D eigenvalue weighted by molar-refractivity contribution is 0.113. The van der Waals surface area contributed by atoms with E-state index in [1.54, 1.807) is 0 Å². The number of aliphatic hydroxyl groups excluding tert-OH is 1. The van der Waals surface area contributed by atoms with Gasteiger partial charge < -0.3 is 10.0 Å². The predicted octanol–water partition coefficient (Wildman–Crippen LogP) is 2.10. The molecule has 0 bridgehead atoms. The van der Waals surface area contributed by atoms with Crippen LogP contribution in [0.2, 0.25) is 0 Å². The maximum Gasteiger partial charge on any atom is 0.0558 e. The molecule has 106 valence electrons. The molecule has 0 radical (unpaired) electrons. The monoisotopic (exact) mass is 254 g/mol. The third-order valence-electron chi connectivity index (χ3n) is 4.90. The molecule has 2 aliphatic rings. The smallest absolute Gasteiger partial charge is 0.0558 e. The Labute approximate surface area is 112 Å². The van der Waals surface area contributed by atoms with Crippen LogP contribution in [-0.4, -0.2) is 60.3 Å². The summed E-state index contributed by atoms with van der Waals surface area (Å²) >= 11 is 0. The van der Waals surface area contributed by atoms with Gasteiger partial charge in [0.25, 0.3) is 0 Å². The summed E-state index contributed by atoms with van der Waals surface area (Å²) in [5.74, 6) is 0. The molecule has 1 saturated heterocycles. The Bertz CT molecular complexity index is 229. The first-order chi connectivity index (χ1) is 8.81. The maximum atomic E-state index is 9.26. The van der Waals surface area contributed by atoms with Gasteiger partial charge in [0.1, 0.15) is 0 Å². The Balaban J connectivity index is 1.77. The summed E-state index contributed by atoms with van der Waals surface area (Å²) in [6.45, 7) is 3.65. The van der Waals surface area contributed by atoms with Crippen molar-refractivity contribution < 1.29 is 5.11 Å². The number of aliphatic hydroxyl groups is 1. The van der Waals surface area contributed by atoms with Crippen LogP contribution in [0.5, 0.6) is 0 Å². The number of rotatable bonds is 6. The highest BCUT2D eigenvalue weighted by Crippen LogP contribution is 2.24. The van der Waals surface area contributed by atoms with Gasteiger partial charge in [-0.05, 0) is 45.7 Å². The van der Waals surface area contributed by atoms with E-state index >= 15 is 0 Å². The summed E-state index contributed by atoms with van der Waals surface area (Å²) in [7, 11) is 2.26. The van der Waals surface area contributed by atoms with E-state index in [9.17, 15) is 5.11 Å². The quantitative estimate of drug-likeness (QED) is 0.786. The highest BCUT2D eigenvalue weighted by Gasteiger charge is 2.24. The molecule has 1 aliphatic heterocycles. The van der Waals surface area contributed by atoms with Crippen LogP contribution in [-0.2, 0) is 0 Å². The van der Waals surface area contributed by atoms with Crippen LogP contribution < -0.4 is 0 Å². The fourth-order valence-corrected chi connectivity index (χ4v) is 3.71. The molecule has 0 aromatic carbocycles. The van der Waals surface area contributed by atoms with Crippen LogP contribution in [0.4, 0.5) is 0 Å². The van der Waals surface area contributed by atoms with E-state index in [1.165, 1.54) is 64.5 Å². The van der Waals surface area contributed by atoms with E-state index < -0.39 is 0 Å². The molecule has 0 amide bonds. The molecule has 0 aromatic rings. The molecule has 1 saturated carbocycles. The van der Waals surface area contributed by atoms with Crippen LogP contribution >= 0.6 is 0 Å². The normalized spacial score (nSPS) is 27.2. The van der Waals surface area contributed by atoms with Gasteiger partial charge in [-0.2, -0.15) is 0 Å². The molecule has 2 fully saturated rings. The van der Waals surface area contributed by atoms with Crippen molar-refractivity contribution >= 4 is 0 Å². The highest BCUT2D eigenvalue weighted by molar-refractivity contribution is 4.80. The summed E-state index contributed by atoms with van der Waals surface area (Å²) in [5.41, 5.74) is 0. The molecule has 3 nitrogen and oxygen atoms in total. The minimum absolute atomic E-state index is 0.316. The van der Waals surface area contributed by atoms with Crippen molar-refractivity contribution in [1.82, 2.24) is 9.80 Å². The van der Waals surface area contributed by atoms with Gasteiger partial charge in [-0.1, -0.05) is 19.3 Å². The Morgan fingerprint density at radius 1 is 1.06 bits per heavy atom. The summed E-state index contributed by atoms with van der Waals surface area (Å²) in [6, 6.07) is 1.53. The van der Waals surface area contributed by atoms with Gasteiger partial charge in [0.2, 0.25) is 0 Å². The van der Waals surface area contributed by atoms with Crippen molar-refractivity contribution in [3.8, 4) is 0 Å². The van der Waals surface area contributed by atoms with Crippen LogP contribution in [0.1, 0.15) is 51.4 Å². The van der Waals surface area contributed by atoms with Gasteiger partial charge in [-0.25, -0.2) is 0 Å². The Hall–Kier alpha value is -0.120. The molecule has 1 N–H and O–H groups in total. The second-order valence-electron chi connectivity index (χ2n) is 6.12. The first kappa shape index (κ1) is 14.3. The van der Waals surface area contributed by atoms with Gasteiger partial charge in [-0.3, -0.25) is 4.90 Å². The Morgan fingerprint density at radius 2 is 1.83 bits per heavy atom. The van der Waals surface area contributed by atoms with Crippen molar-refractivity contribution in [2.24, 2.45) is 0 Å². The average molecular weight is 254 g/mol. The molecule has 1 heterocycles. The molecule has 3 heteroatoms. The molecule has 0 aromatic heterocycles. The molecule has 1 unspecified atom stereocenters. The zero-order valence-electron chi connectivity index (χ0n) is 12.0. The average Bonchev–Trinajstić information content (AvgIpc) is 2.81. The standard InChI is InChI=1S/C15H30N2O/c1-16-10-5-8-14(16)9-11-17(12-13-18)15-6-3-2-4-7-15/h14-15,18H,2-13H2,1H3. The summed E-state index contributed by atoms with van der Waals surface area (Å²) in [4.78, 5) is 5.07. The SMILES string of the molecule is CN1CCCC1CCN(CCO)C1CCCCC1. The maximum absolute atomic E-state index is 9.26. The van der Waals surface area contributed by atoms with E-state index in [2.05, 4.69) is 16.8 Å². The minimum Gasteiger partial charge on any atom is -0.395 e. The largest absolute Gasteiger partial charge is 0.395 e. The van der Waals surface area contributed by atoms with Gasteiger partial charge >= 0.3 is 0 Å². The molecule has 2 rings (SSSR count). The first-order valence-electron chi connectivity index (χ1n) is 7.86. The summed E-state index contributed by atoms with van der Waals surface area (Å²) in [5, 5.41) is 9.26. The van der Waals surface area contributed by atoms with Gasteiger partial charge in [-0.15, -0.1) is 0 Å². The first-order valence-corrected chi connectivity index (χ1v) is 7.86. The predicted molar refractivity (Wildman–Crippen MR) is 75.8 cm³/mol. The lowest BCUT2D eigenvalue weighted by Gasteiger charge is -2.35. The minimum atomic E-state index is 0.316. The van der Waals surface area contributed by atoms with Crippen molar-refractivity contribution in [1.29, 1.82) is 0 Å². The van der Waals surface area contributed by atoms with E-state index in [0.29, 0.717) is 6.61 Å². The van der Waals surface area contributed by atoms with E-state index in [1.807, 2.05) is 0 Å². The Kier molecular flexibility index (Phi) is 5.93. The lowest BCUT2D eigenvalue weighted by Crippen LogP contribution is -2.41. The van der Waals surface area contributed by atoms with E-state index in [4.69, 9.17) is 0 Å². The number of likely N-dealkylation sites (tertiary alicyclic amines) is 1. The third kappa shape index (κ3) is 3.94. The lowest BCUT2D eigenvalue weighted by atomic mass is 9.94. The van der Waals surface area contributed by atoms with Crippen LogP contribution in [0.25, 0.3) is 0 Å². The molecule has 1 aliphatic carbocycles. The molecule has 1 atom stereocenters. The molecule has 18 heavy (non-hydrogen) atoms. The van der Waals surface area contributed by atoms with Crippen LogP contribution in [0.3, 0.4) is 0 Å². The third-order valence-corrected chi connectivity index (χ3v) is 4.90. The van der Waals surface area contributed by atoms with Crippen molar-refractivity contribution in [2.45, 2.75) is 63.5 Å². The number of hydrogen-bond donors (Lipinski definition) is 1. The zero-order chi connectivity index (χ0) is 12.8. The molecular formula is C15H30N2O. The van der Waals surface area contributed by atoms with Crippen molar-refractivity contribution in [3.63, 3.8) is 0 Å². The molecular weight excluding hydrogens is 224 g/mol. The Morgan fingerprint density at radius 3 is 2.44 bits per heavy atom. The number of nitrogens with zero attached hydrogens (tertiary/aromatic N) is 2. The van der Waals surface area contributed by atoms with Crippen molar-refractivity contribution in [3.05, 3.63) is 0 Å². The summed E-state index contributed by atoms with van der Waals surface area (Å²) in [6.07, 6.45) is 10.9. The fourth-order valence-electron chi connectivity index (χ4n) is 3.71. The molecule has 0 spiro atoms. The van der Waals surface area contributed by atoms with E-state index in [-0.39, 0.29) is 0 Å². The van der Waals surface area contributed by atoms with Gasteiger partial charge in [0, 0.05) is 25.2 Å². The topological polar surface area (TPSA) is 26.7 Å². The number of hydrogen-bond acceptors (Lipinski definition) is 3. The second-order valence-corrected chi connectivity index (χ2v) is 6.12. The van der Waals surface area contributed by atoms with Crippen molar-refractivity contribution in [2.75, 3.05) is 33.3 Å². The highest BCUT2D eigenvalue weighted by atomic mass is 16.3.